The van der Waals surface area contributed by atoms with Crippen LogP contribution in [0.25, 0.3) is 0 Å². The molecule has 2 saturated heterocycles. The van der Waals surface area contributed by atoms with Crippen molar-refractivity contribution in [2.45, 2.75) is 43.8 Å². The molecule has 4 rings (SSSR count). The molecule has 2 aliphatic rings. The Balaban J connectivity index is 1.50. The Hall–Kier alpha value is -3.29. The normalized spacial score (nSPS) is 22.0. The summed E-state index contributed by atoms with van der Waals surface area (Å²) in [5, 5.41) is 3.13. The van der Waals surface area contributed by atoms with E-state index in [9.17, 15) is 9.59 Å². The molecule has 2 aromatic rings. The predicted molar refractivity (Wildman–Crippen MR) is 114 cm³/mol. The van der Waals surface area contributed by atoms with Crippen LogP contribution in [-0.2, 0) is 0 Å². The van der Waals surface area contributed by atoms with Crippen molar-refractivity contribution in [3.05, 3.63) is 47.8 Å². The van der Waals surface area contributed by atoms with Crippen LogP contribution in [0.5, 0.6) is 17.2 Å². The number of pyridine rings is 1. The van der Waals surface area contributed by atoms with E-state index in [2.05, 4.69) is 10.3 Å². The Labute approximate surface area is 181 Å². The van der Waals surface area contributed by atoms with Gasteiger partial charge in [-0.2, -0.15) is 0 Å². The van der Waals surface area contributed by atoms with E-state index in [0.29, 0.717) is 28.4 Å². The van der Waals surface area contributed by atoms with Gasteiger partial charge in [0, 0.05) is 41.6 Å². The molecule has 31 heavy (non-hydrogen) atoms. The minimum atomic E-state index is -0.101. The number of piperidine rings is 1. The summed E-state index contributed by atoms with van der Waals surface area (Å²) >= 11 is 0. The maximum absolute atomic E-state index is 13.4. The lowest BCUT2D eigenvalue weighted by atomic mass is 9.95. The summed E-state index contributed by atoms with van der Waals surface area (Å²) in [6.45, 7) is 0. The number of nitrogens with zero attached hydrogens (tertiary/aromatic N) is 2. The summed E-state index contributed by atoms with van der Waals surface area (Å²) in [6, 6.07) is 7.02. The second-order valence-electron chi connectivity index (χ2n) is 7.89. The first-order valence-corrected chi connectivity index (χ1v) is 10.4. The van der Waals surface area contributed by atoms with Crippen molar-refractivity contribution in [1.82, 2.24) is 15.2 Å². The SMILES string of the molecule is COc1cc(C(=O)N2C3CCC2CC(NC(=O)c2ccncc2)C3)cc(OC)c1OC. The summed E-state index contributed by atoms with van der Waals surface area (Å²) in [5.41, 5.74) is 1.10. The molecule has 0 saturated carbocycles. The third-order valence-electron chi connectivity index (χ3n) is 6.16. The van der Waals surface area contributed by atoms with Crippen molar-refractivity contribution in [3.63, 3.8) is 0 Å². The van der Waals surface area contributed by atoms with Gasteiger partial charge in [-0.15, -0.1) is 0 Å². The number of carbonyl (C=O) groups excluding carboxylic acids is 2. The van der Waals surface area contributed by atoms with Crippen molar-refractivity contribution in [1.29, 1.82) is 0 Å². The quantitative estimate of drug-likeness (QED) is 0.765. The van der Waals surface area contributed by atoms with Crippen molar-refractivity contribution >= 4 is 11.8 Å². The first-order valence-electron chi connectivity index (χ1n) is 10.4. The Morgan fingerprint density at radius 1 is 0.935 bits per heavy atom. The molecule has 1 aromatic heterocycles. The first kappa shape index (κ1) is 21.0. The van der Waals surface area contributed by atoms with Crippen LogP contribution in [0.1, 0.15) is 46.4 Å². The van der Waals surface area contributed by atoms with Crippen LogP contribution >= 0.6 is 0 Å². The fourth-order valence-corrected chi connectivity index (χ4v) is 4.75. The molecule has 2 unspecified atom stereocenters. The summed E-state index contributed by atoms with van der Waals surface area (Å²) in [4.78, 5) is 31.9. The molecule has 0 spiro atoms. The summed E-state index contributed by atoms with van der Waals surface area (Å²) in [5.74, 6) is 1.22. The summed E-state index contributed by atoms with van der Waals surface area (Å²) in [7, 11) is 4.60. The Kier molecular flexibility index (Phi) is 5.97. The van der Waals surface area contributed by atoms with Crippen LogP contribution in [0.3, 0.4) is 0 Å². The highest BCUT2D eigenvalue weighted by atomic mass is 16.5. The maximum Gasteiger partial charge on any atom is 0.254 e. The Morgan fingerprint density at radius 2 is 1.52 bits per heavy atom. The molecule has 1 aromatic carbocycles. The zero-order valence-electron chi connectivity index (χ0n) is 18.0. The number of benzene rings is 1. The lowest BCUT2D eigenvalue weighted by molar-refractivity contribution is 0.0548. The van der Waals surface area contributed by atoms with Crippen LogP contribution < -0.4 is 19.5 Å². The van der Waals surface area contributed by atoms with Crippen LogP contribution in [0, 0.1) is 0 Å². The lowest BCUT2D eigenvalue weighted by Gasteiger charge is -2.39. The fraction of sp³-hybridized carbons (Fsp3) is 0.435. The molecule has 0 aliphatic carbocycles. The highest BCUT2D eigenvalue weighted by molar-refractivity contribution is 5.96. The fourth-order valence-electron chi connectivity index (χ4n) is 4.75. The molecular formula is C23H27N3O5. The third kappa shape index (κ3) is 4.02. The lowest BCUT2D eigenvalue weighted by Crippen LogP contribution is -2.52. The molecule has 2 aliphatic heterocycles. The number of fused-ring (bicyclic) bond motifs is 2. The van der Waals surface area contributed by atoms with Gasteiger partial charge in [0.2, 0.25) is 5.75 Å². The molecule has 2 atom stereocenters. The molecular weight excluding hydrogens is 398 g/mol. The van der Waals surface area contributed by atoms with E-state index < -0.39 is 0 Å². The molecule has 0 radical (unpaired) electrons. The highest BCUT2D eigenvalue weighted by Crippen LogP contribution is 2.41. The molecule has 8 nitrogen and oxygen atoms in total. The number of nitrogens with one attached hydrogen (secondary N) is 1. The van der Waals surface area contributed by atoms with Gasteiger partial charge in [0.05, 0.1) is 21.3 Å². The minimum Gasteiger partial charge on any atom is -0.493 e. The van der Waals surface area contributed by atoms with Crippen LogP contribution in [-0.4, -0.2) is 61.2 Å². The van der Waals surface area contributed by atoms with E-state index in [1.165, 1.54) is 21.3 Å². The van der Waals surface area contributed by atoms with Crippen molar-refractivity contribution < 1.29 is 23.8 Å². The van der Waals surface area contributed by atoms with Gasteiger partial charge in [0.1, 0.15) is 0 Å². The topological polar surface area (TPSA) is 90.0 Å². The second-order valence-corrected chi connectivity index (χ2v) is 7.89. The molecule has 2 amide bonds. The monoisotopic (exact) mass is 425 g/mol. The Morgan fingerprint density at radius 3 is 2.03 bits per heavy atom. The number of hydrogen-bond donors (Lipinski definition) is 1. The van der Waals surface area contributed by atoms with Gasteiger partial charge in [-0.1, -0.05) is 0 Å². The molecule has 2 fully saturated rings. The number of methoxy groups -OCH3 is 3. The smallest absolute Gasteiger partial charge is 0.254 e. The van der Waals surface area contributed by atoms with Crippen LogP contribution in [0.2, 0.25) is 0 Å². The van der Waals surface area contributed by atoms with Crippen molar-refractivity contribution in [2.75, 3.05) is 21.3 Å². The van der Waals surface area contributed by atoms with Gasteiger partial charge in [-0.3, -0.25) is 14.6 Å². The third-order valence-corrected chi connectivity index (χ3v) is 6.16. The predicted octanol–water partition coefficient (Wildman–Crippen LogP) is 2.67. The first-order chi connectivity index (χ1) is 15.0. The van der Waals surface area contributed by atoms with Gasteiger partial charge < -0.3 is 24.4 Å². The van der Waals surface area contributed by atoms with Crippen LogP contribution in [0.4, 0.5) is 0 Å². The van der Waals surface area contributed by atoms with Crippen molar-refractivity contribution in [2.24, 2.45) is 0 Å². The molecule has 164 valence electrons. The largest absolute Gasteiger partial charge is 0.493 e. The standard InChI is InChI=1S/C23H27N3O5/c1-29-19-10-15(11-20(30-2)21(19)31-3)23(28)26-17-4-5-18(26)13-16(12-17)25-22(27)14-6-8-24-9-7-14/h6-11,16-18H,4-5,12-13H2,1-3H3,(H,25,27). The van der Waals surface area contributed by atoms with E-state index in [4.69, 9.17) is 14.2 Å². The number of amides is 2. The summed E-state index contributed by atoms with van der Waals surface area (Å²) < 4.78 is 16.2. The highest BCUT2D eigenvalue weighted by Gasteiger charge is 2.44. The Bertz CT molecular complexity index is 926. The number of hydrogen-bond acceptors (Lipinski definition) is 6. The maximum atomic E-state index is 13.4. The van der Waals surface area contributed by atoms with Gasteiger partial charge in [-0.25, -0.2) is 0 Å². The number of aromatic nitrogens is 1. The zero-order valence-corrected chi connectivity index (χ0v) is 18.0. The number of carbonyl (C=O) groups is 2. The van der Waals surface area contributed by atoms with Gasteiger partial charge in [-0.05, 0) is 49.9 Å². The molecule has 3 heterocycles. The van der Waals surface area contributed by atoms with E-state index in [1.54, 1.807) is 36.7 Å². The summed E-state index contributed by atoms with van der Waals surface area (Å²) in [6.07, 6.45) is 6.56. The molecule has 2 bridgehead atoms. The minimum absolute atomic E-state index is 0.0437. The average Bonchev–Trinajstić information content (AvgIpc) is 3.07. The molecule has 8 heteroatoms. The number of rotatable bonds is 6. The van der Waals surface area contributed by atoms with E-state index in [-0.39, 0.29) is 29.9 Å². The zero-order chi connectivity index (χ0) is 22.0. The number of ether oxygens (including phenoxy) is 3. The van der Waals surface area contributed by atoms with Gasteiger partial charge in [0.15, 0.2) is 11.5 Å². The van der Waals surface area contributed by atoms with E-state index in [1.807, 2.05) is 4.90 Å². The molecule has 1 N–H and O–H groups in total. The van der Waals surface area contributed by atoms with Gasteiger partial charge >= 0.3 is 0 Å². The average molecular weight is 425 g/mol. The van der Waals surface area contributed by atoms with E-state index >= 15 is 0 Å². The van der Waals surface area contributed by atoms with Crippen molar-refractivity contribution in [3.8, 4) is 17.2 Å². The van der Waals surface area contributed by atoms with E-state index in [0.717, 1.165) is 25.7 Å². The second kappa shape index (κ2) is 8.83. The van der Waals surface area contributed by atoms with Crippen LogP contribution in [0.15, 0.2) is 36.7 Å². The van der Waals surface area contributed by atoms with Gasteiger partial charge in [0.25, 0.3) is 11.8 Å².